The lowest BCUT2D eigenvalue weighted by Gasteiger charge is -2.52. The number of rotatable bonds is 2. The minimum absolute atomic E-state index is 0.00409. The van der Waals surface area contributed by atoms with Crippen molar-refractivity contribution in [3.8, 4) is 0 Å². The van der Waals surface area contributed by atoms with Gasteiger partial charge in [0.25, 0.3) is 0 Å². The molecule has 5 saturated heterocycles. The van der Waals surface area contributed by atoms with Crippen molar-refractivity contribution in [1.82, 2.24) is 0 Å². The van der Waals surface area contributed by atoms with Gasteiger partial charge in [0.2, 0.25) is 0 Å². The van der Waals surface area contributed by atoms with Crippen molar-refractivity contribution in [1.29, 1.82) is 0 Å². The van der Waals surface area contributed by atoms with E-state index in [1.54, 1.807) is 0 Å². The van der Waals surface area contributed by atoms with Crippen LogP contribution in [0.1, 0.15) is 54.4 Å². The van der Waals surface area contributed by atoms with E-state index in [0.717, 1.165) is 6.42 Å². The minimum atomic E-state index is -0.895. The number of hydrogen-bond donors (Lipinski definition) is 0. The number of epoxide rings is 3. The first-order chi connectivity index (χ1) is 15.4. The highest BCUT2D eigenvalue weighted by Crippen LogP contribution is 2.69. The fraction of sp³-hybridized carbons (Fsp3) is 0.960. The summed E-state index contributed by atoms with van der Waals surface area (Å²) >= 11 is 0. The molecule has 0 aromatic carbocycles. The van der Waals surface area contributed by atoms with Crippen LogP contribution in [-0.2, 0) is 38.0 Å². The summed E-state index contributed by atoms with van der Waals surface area (Å²) in [6.07, 6.45) is 1.00. The normalized spacial score (nSPS) is 56.6. The van der Waals surface area contributed by atoms with Crippen LogP contribution in [0.25, 0.3) is 0 Å². The molecule has 1 spiro atoms. The van der Waals surface area contributed by atoms with Gasteiger partial charge in [-0.1, -0.05) is 20.8 Å². The van der Waals surface area contributed by atoms with Gasteiger partial charge < -0.3 is 33.2 Å². The SMILES string of the molecule is CC1(C)OC[C@@H]2[C@@H](O1)[C@H]1O[C@H]1[C@@]1(C)[C@@H]3O[C@@H]3CC(C)(C)[C@]3(O[C@@H]3CC3(C)OCCO3)C(=O)[C@@H]21. The van der Waals surface area contributed by atoms with Crippen LogP contribution in [0.5, 0.6) is 0 Å². The Labute approximate surface area is 194 Å². The first-order valence-electron chi connectivity index (χ1n) is 12.5. The fourth-order valence-electron chi connectivity index (χ4n) is 8.03. The predicted molar refractivity (Wildman–Crippen MR) is 113 cm³/mol. The minimum Gasteiger partial charge on any atom is -0.369 e. The number of Topliss-reactive ketones (excluding diaryl/α,β-unsaturated/α-hetero) is 1. The van der Waals surface area contributed by atoms with E-state index < -0.39 is 22.6 Å². The quantitative estimate of drug-likeness (QED) is 0.575. The number of carbonyl (C=O) groups is 1. The second-order valence-electron chi connectivity index (χ2n) is 12.7. The molecule has 0 aromatic heterocycles. The van der Waals surface area contributed by atoms with Crippen LogP contribution in [0.4, 0.5) is 0 Å². The number of carbonyl (C=O) groups excluding carboxylic acids is 1. The molecule has 10 atom stereocenters. The van der Waals surface area contributed by atoms with Gasteiger partial charge in [-0.2, -0.15) is 0 Å². The maximum atomic E-state index is 14.7. The Kier molecular flexibility index (Phi) is 4.07. The van der Waals surface area contributed by atoms with Gasteiger partial charge in [0.1, 0.15) is 12.2 Å². The standard InChI is InChI=1S/C25H36O8/c1-21(2)9-13-19(30-13)24(6)15(12-11-29-22(3,4)33-16(12)17-20(24)31-17)18(26)25(21)14(32-25)10-23(5)27-7-8-28-23/h12-17,19-20H,7-11H2,1-6H3/t12-,13+,14+,15+,16+,17+,19+,20+,24+,25+/m0/s1. The summed E-state index contributed by atoms with van der Waals surface area (Å²) in [5, 5.41) is 0. The Morgan fingerprint density at radius 1 is 0.879 bits per heavy atom. The van der Waals surface area contributed by atoms with Crippen LogP contribution in [0.2, 0.25) is 0 Å². The second-order valence-corrected chi connectivity index (χ2v) is 12.7. The Morgan fingerprint density at radius 3 is 2.33 bits per heavy atom. The van der Waals surface area contributed by atoms with Crippen LogP contribution >= 0.6 is 0 Å². The van der Waals surface area contributed by atoms with Gasteiger partial charge in [-0.25, -0.2) is 0 Å². The average molecular weight is 465 g/mol. The van der Waals surface area contributed by atoms with Crippen LogP contribution in [-0.4, -0.2) is 79.4 Å². The summed E-state index contributed by atoms with van der Waals surface area (Å²) in [4.78, 5) is 14.7. The molecule has 0 bridgehead atoms. The summed E-state index contributed by atoms with van der Waals surface area (Å²) in [6.45, 7) is 13.9. The molecule has 8 nitrogen and oxygen atoms in total. The van der Waals surface area contributed by atoms with Gasteiger partial charge in [0.15, 0.2) is 23.0 Å². The Morgan fingerprint density at radius 2 is 1.61 bits per heavy atom. The zero-order valence-corrected chi connectivity index (χ0v) is 20.4. The average Bonchev–Trinajstić information content (AvgIpc) is 3.61. The Balaban J connectivity index is 1.29. The molecule has 7 aliphatic rings. The highest BCUT2D eigenvalue weighted by atomic mass is 16.7. The molecule has 0 aromatic rings. The molecule has 0 radical (unpaired) electrons. The molecule has 0 amide bonds. The third-order valence-electron chi connectivity index (χ3n) is 9.77. The smallest absolute Gasteiger partial charge is 0.172 e. The molecular weight excluding hydrogens is 428 g/mol. The van der Waals surface area contributed by atoms with Crippen LogP contribution in [0, 0.1) is 22.7 Å². The number of ketones is 1. The highest BCUT2D eigenvalue weighted by Gasteiger charge is 2.82. The van der Waals surface area contributed by atoms with Crippen molar-refractivity contribution >= 4 is 5.78 Å². The first-order valence-corrected chi connectivity index (χ1v) is 12.5. The lowest BCUT2D eigenvalue weighted by atomic mass is 9.52. The van der Waals surface area contributed by atoms with E-state index in [4.69, 9.17) is 33.2 Å². The zero-order chi connectivity index (χ0) is 23.2. The number of ether oxygens (including phenoxy) is 7. The lowest BCUT2D eigenvalue weighted by Crippen LogP contribution is -2.65. The van der Waals surface area contributed by atoms with Gasteiger partial charge in [0, 0.05) is 29.1 Å². The molecule has 2 saturated carbocycles. The van der Waals surface area contributed by atoms with Gasteiger partial charge in [-0.3, -0.25) is 4.79 Å². The molecule has 2 aliphatic carbocycles. The third-order valence-corrected chi connectivity index (χ3v) is 9.77. The monoisotopic (exact) mass is 464 g/mol. The van der Waals surface area contributed by atoms with E-state index in [-0.39, 0.29) is 59.7 Å². The molecule has 0 N–H and O–H groups in total. The Hall–Kier alpha value is -0.610. The van der Waals surface area contributed by atoms with E-state index in [0.29, 0.717) is 26.2 Å². The molecular formula is C25H36O8. The number of fused-ring (bicyclic) bond motifs is 8. The van der Waals surface area contributed by atoms with Crippen molar-refractivity contribution < 1.29 is 38.0 Å². The van der Waals surface area contributed by atoms with Crippen molar-refractivity contribution in [3.05, 3.63) is 0 Å². The Bertz CT molecular complexity index is 895. The molecule has 0 unspecified atom stereocenters. The summed E-state index contributed by atoms with van der Waals surface area (Å²) < 4.78 is 43.3. The summed E-state index contributed by atoms with van der Waals surface area (Å²) in [5.41, 5.74) is -1.68. The number of hydrogen-bond acceptors (Lipinski definition) is 8. The van der Waals surface area contributed by atoms with E-state index in [1.165, 1.54) is 0 Å². The van der Waals surface area contributed by atoms with E-state index >= 15 is 0 Å². The van der Waals surface area contributed by atoms with Gasteiger partial charge in [0.05, 0.1) is 44.2 Å². The predicted octanol–water partition coefficient (Wildman–Crippen LogP) is 2.21. The van der Waals surface area contributed by atoms with E-state index in [1.807, 2.05) is 20.8 Å². The van der Waals surface area contributed by atoms with Gasteiger partial charge >= 0.3 is 0 Å². The van der Waals surface area contributed by atoms with Crippen LogP contribution in [0.3, 0.4) is 0 Å². The summed E-state index contributed by atoms with van der Waals surface area (Å²) in [7, 11) is 0. The molecule has 5 heterocycles. The van der Waals surface area contributed by atoms with Crippen LogP contribution in [0.15, 0.2) is 0 Å². The molecule has 184 valence electrons. The fourth-order valence-corrected chi connectivity index (χ4v) is 8.03. The second kappa shape index (κ2) is 6.20. The molecule has 8 heteroatoms. The molecule has 7 fully saturated rings. The maximum absolute atomic E-state index is 14.7. The van der Waals surface area contributed by atoms with Crippen molar-refractivity contribution in [3.63, 3.8) is 0 Å². The van der Waals surface area contributed by atoms with Crippen LogP contribution < -0.4 is 0 Å². The zero-order valence-electron chi connectivity index (χ0n) is 20.4. The van der Waals surface area contributed by atoms with Crippen molar-refractivity contribution in [2.45, 2.75) is 108 Å². The summed E-state index contributed by atoms with van der Waals surface area (Å²) in [5.74, 6) is -1.65. The highest BCUT2D eigenvalue weighted by molar-refractivity contribution is 5.95. The largest absolute Gasteiger partial charge is 0.369 e. The van der Waals surface area contributed by atoms with E-state index in [9.17, 15) is 4.79 Å². The van der Waals surface area contributed by atoms with Crippen molar-refractivity contribution in [2.75, 3.05) is 19.8 Å². The molecule has 33 heavy (non-hydrogen) atoms. The van der Waals surface area contributed by atoms with E-state index in [2.05, 4.69) is 20.8 Å². The maximum Gasteiger partial charge on any atom is 0.172 e. The topological polar surface area (TPSA) is 91.6 Å². The first kappa shape index (κ1) is 21.7. The van der Waals surface area contributed by atoms with Gasteiger partial charge in [-0.15, -0.1) is 0 Å². The third kappa shape index (κ3) is 2.74. The lowest BCUT2D eigenvalue weighted by molar-refractivity contribution is -0.308. The molecule has 7 rings (SSSR count). The summed E-state index contributed by atoms with van der Waals surface area (Å²) in [6, 6.07) is 0. The molecule has 5 aliphatic heterocycles. The van der Waals surface area contributed by atoms with Crippen molar-refractivity contribution in [2.24, 2.45) is 22.7 Å². The van der Waals surface area contributed by atoms with Gasteiger partial charge in [-0.05, 0) is 27.2 Å².